The van der Waals surface area contributed by atoms with E-state index in [1.165, 1.54) is 31.0 Å². The summed E-state index contributed by atoms with van der Waals surface area (Å²) in [5.74, 6) is 0.380. The number of hydrogen-bond acceptors (Lipinski definition) is 6. The Hall–Kier alpha value is -2.35. The molecule has 0 radical (unpaired) electrons. The summed E-state index contributed by atoms with van der Waals surface area (Å²) in [4.78, 5) is 34.9. The lowest BCUT2D eigenvalue weighted by Gasteiger charge is -2.05. The van der Waals surface area contributed by atoms with E-state index < -0.39 is 5.97 Å². The molecule has 1 aromatic heterocycles. The average Bonchev–Trinajstić information content (AvgIpc) is 2.51. The maximum absolute atomic E-state index is 12.1. The van der Waals surface area contributed by atoms with E-state index >= 15 is 0 Å². The van der Waals surface area contributed by atoms with Gasteiger partial charge >= 0.3 is 5.97 Å². The molecule has 0 fully saturated rings. The summed E-state index contributed by atoms with van der Waals surface area (Å²) in [6.45, 7) is 3.86. The molecule has 0 atom stereocenters. The zero-order chi connectivity index (χ0) is 17.0. The number of thioether (sulfide) groups is 1. The largest absolute Gasteiger partial charge is 0.465 e. The summed E-state index contributed by atoms with van der Waals surface area (Å²) < 4.78 is 4.67. The third-order valence-corrected chi connectivity index (χ3v) is 3.74. The van der Waals surface area contributed by atoms with Crippen molar-refractivity contribution in [2.24, 2.45) is 10.7 Å². The number of carbonyl (C=O) groups excluding carboxylic acids is 1. The van der Waals surface area contributed by atoms with Crippen LogP contribution in [0.4, 0.5) is 0 Å². The van der Waals surface area contributed by atoms with Crippen LogP contribution in [0.1, 0.15) is 30.0 Å². The van der Waals surface area contributed by atoms with Gasteiger partial charge in [-0.1, -0.05) is 11.8 Å². The molecule has 2 aromatic rings. The highest BCUT2D eigenvalue weighted by molar-refractivity contribution is 8.13. The van der Waals surface area contributed by atoms with Crippen LogP contribution in [0.2, 0.25) is 0 Å². The first-order valence-electron chi connectivity index (χ1n) is 6.98. The standard InChI is InChI=1S/C15H18N4O3S/c1-8(2)17-15(16)23-7-12-18-11-6-9(14(21)22-3)4-5-10(11)13(20)19-12/h4-6,8H,7H2,1-3H3,(H2,16,17)(H,18,19,20). The van der Waals surface area contributed by atoms with Gasteiger partial charge in [0.05, 0.1) is 29.3 Å². The number of aliphatic imine (C=N–C) groups is 1. The monoisotopic (exact) mass is 334 g/mol. The Morgan fingerprint density at radius 2 is 2.22 bits per heavy atom. The molecule has 0 amide bonds. The second-order valence-electron chi connectivity index (χ2n) is 5.09. The Kier molecular flexibility index (Phi) is 5.38. The lowest BCUT2D eigenvalue weighted by molar-refractivity contribution is 0.0601. The first-order valence-corrected chi connectivity index (χ1v) is 7.96. The van der Waals surface area contributed by atoms with Crippen LogP contribution in [0, 0.1) is 0 Å². The minimum Gasteiger partial charge on any atom is -0.465 e. The highest BCUT2D eigenvalue weighted by Gasteiger charge is 2.10. The third kappa shape index (κ3) is 4.32. The summed E-state index contributed by atoms with van der Waals surface area (Å²) in [5, 5.41) is 0.848. The minimum absolute atomic E-state index is 0.105. The van der Waals surface area contributed by atoms with E-state index in [4.69, 9.17) is 5.73 Å². The number of nitrogens with two attached hydrogens (primary N) is 1. The first kappa shape index (κ1) is 17.0. The van der Waals surface area contributed by atoms with E-state index in [-0.39, 0.29) is 11.6 Å². The highest BCUT2D eigenvalue weighted by atomic mass is 32.2. The Morgan fingerprint density at radius 3 is 2.87 bits per heavy atom. The van der Waals surface area contributed by atoms with E-state index in [0.717, 1.165) is 0 Å². The number of ether oxygens (including phenoxy) is 1. The summed E-state index contributed by atoms with van der Waals surface area (Å²) in [6, 6.07) is 4.73. The van der Waals surface area contributed by atoms with Crippen LogP contribution in [0.25, 0.3) is 10.9 Å². The predicted octanol–water partition coefficient (Wildman–Crippen LogP) is 1.67. The van der Waals surface area contributed by atoms with Crippen molar-refractivity contribution in [1.82, 2.24) is 9.97 Å². The zero-order valence-electron chi connectivity index (χ0n) is 13.1. The molecule has 0 aliphatic rings. The SMILES string of the molecule is COC(=O)c1ccc2c(=O)[nH]c(CSC(N)=NC(C)C)nc2c1. The third-order valence-electron chi connectivity index (χ3n) is 2.92. The molecule has 8 heteroatoms. The van der Waals surface area contributed by atoms with Crippen molar-refractivity contribution in [3.05, 3.63) is 39.9 Å². The van der Waals surface area contributed by atoms with Crippen LogP contribution in [0.5, 0.6) is 0 Å². The molecule has 0 saturated carbocycles. The van der Waals surface area contributed by atoms with Gasteiger partial charge in [-0.25, -0.2) is 9.78 Å². The van der Waals surface area contributed by atoms with Gasteiger partial charge in [0.25, 0.3) is 5.56 Å². The number of aromatic nitrogens is 2. The number of amidine groups is 1. The second kappa shape index (κ2) is 7.28. The van der Waals surface area contributed by atoms with Crippen molar-refractivity contribution in [3.63, 3.8) is 0 Å². The molecule has 3 N–H and O–H groups in total. The van der Waals surface area contributed by atoms with E-state index in [0.29, 0.717) is 33.2 Å². The summed E-state index contributed by atoms with van der Waals surface area (Å²) in [5.41, 5.74) is 6.31. The number of esters is 1. The average molecular weight is 334 g/mol. The van der Waals surface area contributed by atoms with Crippen molar-refractivity contribution >= 4 is 33.8 Å². The van der Waals surface area contributed by atoms with Gasteiger partial charge in [-0.15, -0.1) is 0 Å². The topological polar surface area (TPSA) is 110 Å². The van der Waals surface area contributed by atoms with E-state index in [1.807, 2.05) is 13.8 Å². The number of fused-ring (bicyclic) bond motifs is 1. The van der Waals surface area contributed by atoms with Gasteiger partial charge in [-0.2, -0.15) is 0 Å². The molecule has 0 saturated heterocycles. The second-order valence-corrected chi connectivity index (χ2v) is 6.08. The van der Waals surface area contributed by atoms with Crippen molar-refractivity contribution in [2.45, 2.75) is 25.6 Å². The first-order chi connectivity index (χ1) is 10.9. The normalized spacial score (nSPS) is 11.9. The fourth-order valence-electron chi connectivity index (χ4n) is 1.94. The van der Waals surface area contributed by atoms with E-state index in [9.17, 15) is 9.59 Å². The molecule has 122 valence electrons. The molecule has 0 aliphatic carbocycles. The van der Waals surface area contributed by atoms with Crippen molar-refractivity contribution in [3.8, 4) is 0 Å². The quantitative estimate of drug-likeness (QED) is 0.500. The fourth-order valence-corrected chi connectivity index (χ4v) is 2.64. The Bertz CT molecular complexity index is 814. The number of hydrogen-bond donors (Lipinski definition) is 2. The van der Waals surface area contributed by atoms with Crippen LogP contribution in [-0.2, 0) is 10.5 Å². The zero-order valence-corrected chi connectivity index (χ0v) is 13.9. The molecule has 1 heterocycles. The van der Waals surface area contributed by atoms with Crippen molar-refractivity contribution in [1.29, 1.82) is 0 Å². The van der Waals surface area contributed by atoms with Crippen LogP contribution in [-0.4, -0.2) is 34.3 Å². The number of carbonyl (C=O) groups is 1. The molecular formula is C15H18N4O3S. The smallest absolute Gasteiger partial charge is 0.337 e. The molecule has 0 unspecified atom stereocenters. The van der Waals surface area contributed by atoms with E-state index in [1.54, 1.807) is 6.07 Å². The Labute approximate surface area is 137 Å². The maximum Gasteiger partial charge on any atom is 0.337 e. The highest BCUT2D eigenvalue weighted by Crippen LogP contribution is 2.14. The van der Waals surface area contributed by atoms with Crippen LogP contribution in [0.3, 0.4) is 0 Å². The number of benzene rings is 1. The molecule has 1 aromatic carbocycles. The summed E-state index contributed by atoms with van der Waals surface area (Å²) in [7, 11) is 1.30. The molecule has 7 nitrogen and oxygen atoms in total. The Balaban J connectivity index is 2.32. The van der Waals surface area contributed by atoms with Gasteiger partial charge in [0.1, 0.15) is 5.82 Å². The lowest BCUT2D eigenvalue weighted by atomic mass is 10.1. The van der Waals surface area contributed by atoms with E-state index in [2.05, 4.69) is 19.7 Å². The molecule has 23 heavy (non-hydrogen) atoms. The van der Waals surface area contributed by atoms with Gasteiger partial charge in [0, 0.05) is 6.04 Å². The van der Waals surface area contributed by atoms with Gasteiger partial charge in [0.15, 0.2) is 5.17 Å². The van der Waals surface area contributed by atoms with Gasteiger partial charge in [-0.3, -0.25) is 9.79 Å². The van der Waals surface area contributed by atoms with Gasteiger partial charge in [-0.05, 0) is 32.0 Å². The maximum atomic E-state index is 12.1. The molecular weight excluding hydrogens is 316 g/mol. The van der Waals surface area contributed by atoms with Crippen molar-refractivity contribution < 1.29 is 9.53 Å². The molecule has 0 aliphatic heterocycles. The summed E-state index contributed by atoms with van der Waals surface area (Å²) >= 11 is 1.29. The van der Waals surface area contributed by atoms with Gasteiger partial charge < -0.3 is 15.5 Å². The summed E-state index contributed by atoms with van der Waals surface area (Å²) in [6.07, 6.45) is 0. The van der Waals surface area contributed by atoms with Gasteiger partial charge in [0.2, 0.25) is 0 Å². The number of rotatable bonds is 4. The Morgan fingerprint density at radius 1 is 1.48 bits per heavy atom. The van der Waals surface area contributed by atoms with Crippen LogP contribution in [0.15, 0.2) is 28.0 Å². The number of methoxy groups -OCH3 is 1. The number of aromatic amines is 1. The van der Waals surface area contributed by atoms with Crippen molar-refractivity contribution in [2.75, 3.05) is 7.11 Å². The molecule has 2 rings (SSSR count). The predicted molar refractivity (Wildman–Crippen MR) is 91.8 cm³/mol. The number of nitrogens with one attached hydrogen (secondary N) is 1. The fraction of sp³-hybridized carbons (Fsp3) is 0.333. The van der Waals surface area contributed by atoms with Crippen LogP contribution >= 0.6 is 11.8 Å². The van der Waals surface area contributed by atoms with Crippen LogP contribution < -0.4 is 11.3 Å². The molecule has 0 spiro atoms. The lowest BCUT2D eigenvalue weighted by Crippen LogP contribution is -2.14. The number of nitrogens with zero attached hydrogens (tertiary/aromatic N) is 2. The molecule has 0 bridgehead atoms. The number of H-pyrrole nitrogens is 1. The minimum atomic E-state index is -0.474.